The van der Waals surface area contributed by atoms with Crippen LogP contribution in [0.25, 0.3) is 0 Å². The average molecular weight is 375 g/mol. The normalized spacial score (nSPS) is 15.2. The summed E-state index contributed by atoms with van der Waals surface area (Å²) in [6, 6.07) is 13.5. The second-order valence-corrected chi connectivity index (χ2v) is 7.20. The maximum absolute atomic E-state index is 12.0. The first-order valence-corrected chi connectivity index (χ1v) is 9.19. The van der Waals surface area contributed by atoms with Crippen molar-refractivity contribution in [3.05, 3.63) is 66.2 Å². The third-order valence-corrected chi connectivity index (χ3v) is 4.99. The Morgan fingerprint density at radius 1 is 1.12 bits per heavy atom. The predicted octanol–water partition coefficient (Wildman–Crippen LogP) is 1.97. The highest BCUT2D eigenvalue weighted by Crippen LogP contribution is 2.32. The van der Waals surface area contributed by atoms with E-state index in [0.29, 0.717) is 17.7 Å². The zero-order chi connectivity index (χ0) is 18.7. The largest absolute Gasteiger partial charge is 0.506 e. The Morgan fingerprint density at radius 3 is 2.46 bits per heavy atom. The zero-order valence-electron chi connectivity index (χ0n) is 13.6. The van der Waals surface area contributed by atoms with Gasteiger partial charge in [-0.3, -0.25) is 4.79 Å². The van der Waals surface area contributed by atoms with Crippen molar-refractivity contribution in [3.63, 3.8) is 0 Å². The van der Waals surface area contributed by atoms with Crippen molar-refractivity contribution < 1.29 is 23.4 Å². The lowest BCUT2D eigenvalue weighted by molar-refractivity contribution is -0.116. The fraction of sp³-hybridized carbons (Fsp3) is 0.118. The van der Waals surface area contributed by atoms with Gasteiger partial charge in [-0.25, -0.2) is 9.03 Å². The van der Waals surface area contributed by atoms with Gasteiger partial charge in [-0.05, 0) is 36.2 Å². The number of aliphatic hydroxyl groups is 1. The van der Waals surface area contributed by atoms with E-state index < -0.39 is 16.1 Å². The smallest absolute Gasteiger partial charge is 0.330 e. The Hall–Kier alpha value is -3.20. The second kappa shape index (κ2) is 6.96. The minimum absolute atomic E-state index is 0.000892. The van der Waals surface area contributed by atoms with Crippen LogP contribution < -0.4 is 14.3 Å². The van der Waals surface area contributed by atoms with Gasteiger partial charge >= 0.3 is 10.2 Å². The molecule has 136 valence electrons. The fourth-order valence-electron chi connectivity index (χ4n) is 2.50. The number of para-hydroxylation sites is 1. The van der Waals surface area contributed by atoms with Crippen LogP contribution in [-0.2, 0) is 21.4 Å². The number of amides is 1. The lowest BCUT2D eigenvalue weighted by Crippen LogP contribution is -2.29. The molecule has 1 aliphatic heterocycles. The predicted molar refractivity (Wildman–Crippen MR) is 96.7 cm³/mol. The molecule has 0 aromatic heterocycles. The van der Waals surface area contributed by atoms with Gasteiger partial charge in [0.15, 0.2) is 0 Å². The Kier molecular flexibility index (Phi) is 4.72. The number of nitrogens with zero attached hydrogens (tertiary/aromatic N) is 1. The van der Waals surface area contributed by atoms with E-state index in [1.165, 1.54) is 12.1 Å². The van der Waals surface area contributed by atoms with Gasteiger partial charge in [-0.1, -0.05) is 24.3 Å². The van der Waals surface area contributed by atoms with Gasteiger partial charge in [0, 0.05) is 12.1 Å². The molecular weight excluding hydrogens is 358 g/mol. The summed E-state index contributed by atoms with van der Waals surface area (Å²) < 4.78 is 26.3. The van der Waals surface area contributed by atoms with Crippen LogP contribution in [0.2, 0.25) is 0 Å². The molecular formula is C17H17N3O5S. The van der Waals surface area contributed by atoms with Gasteiger partial charge in [0.1, 0.15) is 11.4 Å². The number of hydrogen-bond acceptors (Lipinski definition) is 5. The number of rotatable bonds is 5. The molecule has 2 aromatic rings. The highest BCUT2D eigenvalue weighted by Gasteiger charge is 2.30. The topological polar surface area (TPSA) is 119 Å². The number of hydrogen-bond donors (Lipinski definition) is 4. The summed E-state index contributed by atoms with van der Waals surface area (Å²) >= 11 is 0. The second-order valence-electron chi connectivity index (χ2n) is 5.65. The standard InChI is InChI=1S/C17H17N3O5S/c21-15-10-12(7-9-16(22)18-13-4-2-1-3-5-13)6-8-14(15)20-11-17(23)19-26(20,24)25/h1-6,8,10-11,19,21,23H,7,9H2,(H,18,22). The molecule has 0 aliphatic carbocycles. The van der Waals surface area contributed by atoms with Gasteiger partial charge in [-0.2, -0.15) is 8.42 Å². The van der Waals surface area contributed by atoms with E-state index in [4.69, 9.17) is 0 Å². The van der Waals surface area contributed by atoms with Crippen LogP contribution in [0.15, 0.2) is 60.6 Å². The number of phenols is 1. The van der Waals surface area contributed by atoms with Gasteiger partial charge in [-0.15, -0.1) is 0 Å². The molecule has 1 amide bonds. The molecule has 1 heterocycles. The van der Waals surface area contributed by atoms with Crippen molar-refractivity contribution in [3.8, 4) is 5.75 Å². The highest BCUT2D eigenvalue weighted by molar-refractivity contribution is 7.91. The van der Waals surface area contributed by atoms with Crippen LogP contribution >= 0.6 is 0 Å². The number of aryl methyl sites for hydroxylation is 1. The van der Waals surface area contributed by atoms with Gasteiger partial charge in [0.05, 0.1) is 6.20 Å². The number of aliphatic hydroxyl groups excluding tert-OH is 1. The number of aromatic hydroxyl groups is 1. The first-order chi connectivity index (χ1) is 12.3. The molecule has 0 saturated heterocycles. The third kappa shape index (κ3) is 3.89. The molecule has 0 unspecified atom stereocenters. The molecule has 26 heavy (non-hydrogen) atoms. The Balaban J connectivity index is 1.66. The van der Waals surface area contributed by atoms with Crippen molar-refractivity contribution in [1.82, 2.24) is 4.72 Å². The Bertz CT molecular complexity index is 958. The summed E-state index contributed by atoms with van der Waals surface area (Å²) in [7, 11) is -3.97. The van der Waals surface area contributed by atoms with E-state index in [1.807, 2.05) is 22.9 Å². The number of benzene rings is 2. The Labute approximate surface area is 150 Å². The zero-order valence-corrected chi connectivity index (χ0v) is 14.4. The molecule has 0 bridgehead atoms. The van der Waals surface area contributed by atoms with Crippen molar-refractivity contribution in [2.75, 3.05) is 9.62 Å². The lowest BCUT2D eigenvalue weighted by Gasteiger charge is -2.16. The van der Waals surface area contributed by atoms with Crippen LogP contribution in [0.3, 0.4) is 0 Å². The van der Waals surface area contributed by atoms with Crippen LogP contribution in [-0.4, -0.2) is 24.5 Å². The Morgan fingerprint density at radius 2 is 1.85 bits per heavy atom. The first-order valence-electron chi connectivity index (χ1n) is 7.75. The summed E-state index contributed by atoms with van der Waals surface area (Å²) in [5.41, 5.74) is 1.38. The number of carbonyl (C=O) groups is 1. The molecule has 9 heteroatoms. The average Bonchev–Trinajstić information content (AvgIpc) is 2.86. The van der Waals surface area contributed by atoms with Crippen molar-refractivity contribution in [2.24, 2.45) is 0 Å². The third-order valence-electron chi connectivity index (χ3n) is 3.71. The summed E-state index contributed by atoms with van der Waals surface area (Å²) in [6.45, 7) is 0. The molecule has 0 atom stereocenters. The molecule has 0 spiro atoms. The molecule has 8 nitrogen and oxygen atoms in total. The minimum Gasteiger partial charge on any atom is -0.506 e. The SMILES string of the molecule is O=C(CCc1ccc(N2C=C(O)NS2(=O)=O)c(O)c1)Nc1ccccc1. The van der Waals surface area contributed by atoms with Gasteiger partial charge in [0.25, 0.3) is 0 Å². The summed E-state index contributed by atoms with van der Waals surface area (Å²) in [4.78, 5) is 12.0. The maximum atomic E-state index is 12.0. The van der Waals surface area contributed by atoms with E-state index in [-0.39, 0.29) is 23.8 Å². The monoisotopic (exact) mass is 375 g/mol. The fourth-order valence-corrected chi connectivity index (χ4v) is 3.57. The maximum Gasteiger partial charge on any atom is 0.330 e. The molecule has 0 radical (unpaired) electrons. The number of phenolic OH excluding ortho intramolecular Hbond substituents is 1. The van der Waals surface area contributed by atoms with Crippen molar-refractivity contribution in [1.29, 1.82) is 0 Å². The minimum atomic E-state index is -3.97. The number of carbonyl (C=O) groups excluding carboxylic acids is 1. The number of anilines is 2. The van der Waals surface area contributed by atoms with Crippen LogP contribution in [0.5, 0.6) is 5.75 Å². The summed E-state index contributed by atoms with van der Waals surface area (Å²) in [5.74, 6) is -0.979. The molecule has 2 aromatic carbocycles. The van der Waals surface area contributed by atoms with E-state index in [1.54, 1.807) is 18.2 Å². The van der Waals surface area contributed by atoms with E-state index >= 15 is 0 Å². The quantitative estimate of drug-likeness (QED) is 0.637. The molecule has 3 rings (SSSR count). The van der Waals surface area contributed by atoms with E-state index in [2.05, 4.69) is 5.32 Å². The molecule has 0 saturated carbocycles. The van der Waals surface area contributed by atoms with Gasteiger partial charge in [0.2, 0.25) is 11.8 Å². The molecule has 0 fully saturated rings. The van der Waals surface area contributed by atoms with Crippen LogP contribution in [0.1, 0.15) is 12.0 Å². The molecule has 1 aliphatic rings. The summed E-state index contributed by atoms with van der Waals surface area (Å²) in [6.07, 6.45) is 1.54. The summed E-state index contributed by atoms with van der Waals surface area (Å²) in [5, 5.41) is 22.2. The number of nitrogens with one attached hydrogen (secondary N) is 2. The van der Waals surface area contributed by atoms with E-state index in [9.17, 15) is 23.4 Å². The van der Waals surface area contributed by atoms with Crippen molar-refractivity contribution >= 4 is 27.5 Å². The van der Waals surface area contributed by atoms with Crippen molar-refractivity contribution in [2.45, 2.75) is 12.8 Å². The lowest BCUT2D eigenvalue weighted by atomic mass is 10.1. The van der Waals surface area contributed by atoms with Crippen LogP contribution in [0.4, 0.5) is 11.4 Å². The highest BCUT2D eigenvalue weighted by atomic mass is 32.2. The molecule has 4 N–H and O–H groups in total. The van der Waals surface area contributed by atoms with Gasteiger partial charge < -0.3 is 15.5 Å². The van der Waals surface area contributed by atoms with E-state index in [0.717, 1.165) is 10.5 Å². The first kappa shape index (κ1) is 17.6. The van der Waals surface area contributed by atoms with Crippen LogP contribution in [0, 0.1) is 0 Å².